The van der Waals surface area contributed by atoms with Gasteiger partial charge < -0.3 is 10.4 Å². The third-order valence-corrected chi connectivity index (χ3v) is 5.53. The molecular weight excluding hydrogens is 350 g/mol. The molecule has 0 bridgehead atoms. The number of amides is 1. The second-order valence-electron chi connectivity index (χ2n) is 4.59. The van der Waals surface area contributed by atoms with Crippen LogP contribution in [0.15, 0.2) is 22.7 Å². The van der Waals surface area contributed by atoms with Crippen LogP contribution < -0.4 is 5.32 Å². The molecule has 0 radical (unpaired) electrons. The Balaban J connectivity index is 2.16. The van der Waals surface area contributed by atoms with Crippen molar-refractivity contribution in [3.05, 3.63) is 28.2 Å². The molecule has 1 atom stereocenters. The Morgan fingerprint density at radius 3 is 2.60 bits per heavy atom. The number of rotatable bonds is 3. The van der Waals surface area contributed by atoms with Crippen molar-refractivity contribution < 1.29 is 23.1 Å². The van der Waals surface area contributed by atoms with Gasteiger partial charge in [-0.15, -0.1) is 0 Å². The van der Waals surface area contributed by atoms with E-state index in [1.165, 1.54) is 18.2 Å². The molecule has 6 nitrogen and oxygen atoms in total. The predicted molar refractivity (Wildman–Crippen MR) is 76.5 cm³/mol. The minimum Gasteiger partial charge on any atom is -0.478 e. The molecule has 20 heavy (non-hydrogen) atoms. The Morgan fingerprint density at radius 1 is 1.35 bits per heavy atom. The molecule has 0 aromatic heterocycles. The summed E-state index contributed by atoms with van der Waals surface area (Å²) in [6.07, 6.45) is 0.296. The molecule has 0 saturated carbocycles. The molecule has 1 saturated heterocycles. The van der Waals surface area contributed by atoms with Gasteiger partial charge in [0, 0.05) is 4.47 Å². The van der Waals surface area contributed by atoms with E-state index < -0.39 is 27.6 Å². The summed E-state index contributed by atoms with van der Waals surface area (Å²) in [6.45, 7) is 0. The lowest BCUT2D eigenvalue weighted by molar-refractivity contribution is -0.119. The molecule has 2 N–H and O–H groups in total. The summed E-state index contributed by atoms with van der Waals surface area (Å²) in [4.78, 5) is 22.9. The predicted octanol–water partition coefficient (Wildman–Crippen LogP) is 1.52. The van der Waals surface area contributed by atoms with E-state index in [2.05, 4.69) is 21.2 Å². The number of aromatic carboxylic acids is 1. The normalized spacial score (nSPS) is 20.6. The molecule has 8 heteroatoms. The van der Waals surface area contributed by atoms with E-state index in [9.17, 15) is 18.0 Å². The molecule has 1 fully saturated rings. The molecule has 0 aliphatic carbocycles. The van der Waals surface area contributed by atoms with Gasteiger partial charge in [0.1, 0.15) is 0 Å². The average molecular weight is 362 g/mol. The summed E-state index contributed by atoms with van der Waals surface area (Å²) in [6, 6.07) is 4.25. The fourth-order valence-electron chi connectivity index (χ4n) is 1.99. The highest BCUT2D eigenvalue weighted by molar-refractivity contribution is 9.10. The van der Waals surface area contributed by atoms with Crippen molar-refractivity contribution in [3.8, 4) is 0 Å². The van der Waals surface area contributed by atoms with Crippen LogP contribution in [0.3, 0.4) is 0 Å². The Labute approximate surface area is 124 Å². The van der Waals surface area contributed by atoms with E-state index >= 15 is 0 Å². The first kappa shape index (κ1) is 15.0. The van der Waals surface area contributed by atoms with Gasteiger partial charge in [-0.2, -0.15) is 0 Å². The van der Waals surface area contributed by atoms with Crippen LogP contribution in [0.5, 0.6) is 0 Å². The van der Waals surface area contributed by atoms with Crippen LogP contribution in [0.4, 0.5) is 5.69 Å². The van der Waals surface area contributed by atoms with Crippen molar-refractivity contribution in [2.45, 2.75) is 6.42 Å². The third kappa shape index (κ3) is 3.37. The monoisotopic (exact) mass is 361 g/mol. The molecule has 1 aromatic carbocycles. The Bertz CT molecular complexity index is 670. The number of carboxylic acid groups (broad SMARTS) is 1. The van der Waals surface area contributed by atoms with Crippen LogP contribution >= 0.6 is 15.9 Å². The minimum absolute atomic E-state index is 0.0153. The van der Waals surface area contributed by atoms with Gasteiger partial charge in [-0.05, 0) is 40.5 Å². The zero-order chi connectivity index (χ0) is 14.9. The van der Waals surface area contributed by atoms with Crippen molar-refractivity contribution in [3.63, 3.8) is 0 Å². The number of benzene rings is 1. The van der Waals surface area contributed by atoms with Crippen molar-refractivity contribution in [2.24, 2.45) is 5.92 Å². The molecule has 1 aromatic rings. The summed E-state index contributed by atoms with van der Waals surface area (Å²) < 4.78 is 23.2. The number of nitrogens with one attached hydrogen (secondary N) is 1. The molecular formula is C12H12BrNO5S. The maximum atomic E-state index is 12.0. The smallest absolute Gasteiger partial charge is 0.335 e. The lowest BCUT2D eigenvalue weighted by Gasteiger charge is -2.11. The highest BCUT2D eigenvalue weighted by Crippen LogP contribution is 2.26. The lowest BCUT2D eigenvalue weighted by atomic mass is 10.1. The van der Waals surface area contributed by atoms with E-state index in [1.54, 1.807) is 0 Å². The summed E-state index contributed by atoms with van der Waals surface area (Å²) >= 11 is 3.21. The second-order valence-corrected chi connectivity index (χ2v) is 7.67. The number of hydrogen-bond donors (Lipinski definition) is 2. The number of carbonyl (C=O) groups is 2. The van der Waals surface area contributed by atoms with Crippen molar-refractivity contribution in [1.29, 1.82) is 0 Å². The fraction of sp³-hybridized carbons (Fsp3) is 0.333. The summed E-state index contributed by atoms with van der Waals surface area (Å²) in [5.74, 6) is -2.23. The van der Waals surface area contributed by atoms with Gasteiger partial charge in [0.25, 0.3) is 0 Å². The zero-order valence-electron chi connectivity index (χ0n) is 10.3. The largest absolute Gasteiger partial charge is 0.478 e. The van der Waals surface area contributed by atoms with Gasteiger partial charge in [-0.1, -0.05) is 0 Å². The highest BCUT2D eigenvalue weighted by atomic mass is 79.9. The number of sulfone groups is 1. The SMILES string of the molecule is O=C(O)c1ccc(Br)c(NC(=O)C2CCS(=O)(=O)C2)c1. The van der Waals surface area contributed by atoms with E-state index in [4.69, 9.17) is 5.11 Å². The van der Waals surface area contributed by atoms with Crippen molar-refractivity contribution in [1.82, 2.24) is 0 Å². The van der Waals surface area contributed by atoms with Gasteiger partial charge in [-0.3, -0.25) is 4.79 Å². The summed E-state index contributed by atoms with van der Waals surface area (Å²) in [5, 5.41) is 11.5. The molecule has 1 amide bonds. The first-order valence-corrected chi connectivity index (χ1v) is 8.44. The van der Waals surface area contributed by atoms with Crippen LogP contribution in [-0.4, -0.2) is 36.9 Å². The molecule has 108 valence electrons. The fourth-order valence-corrected chi connectivity index (χ4v) is 4.08. The molecule has 0 spiro atoms. The second kappa shape index (κ2) is 5.53. The number of hydrogen-bond acceptors (Lipinski definition) is 4. The van der Waals surface area contributed by atoms with Crippen molar-refractivity contribution >= 4 is 43.3 Å². The first-order valence-electron chi connectivity index (χ1n) is 5.82. The maximum Gasteiger partial charge on any atom is 0.335 e. The van der Waals surface area contributed by atoms with Crippen LogP contribution in [0.2, 0.25) is 0 Å². The van der Waals surface area contributed by atoms with Crippen molar-refractivity contribution in [2.75, 3.05) is 16.8 Å². The average Bonchev–Trinajstić information content (AvgIpc) is 2.72. The van der Waals surface area contributed by atoms with Gasteiger partial charge in [0.05, 0.1) is 28.7 Å². The van der Waals surface area contributed by atoms with Gasteiger partial charge in [0.15, 0.2) is 9.84 Å². The lowest BCUT2D eigenvalue weighted by Crippen LogP contribution is -2.24. The maximum absolute atomic E-state index is 12.0. The minimum atomic E-state index is -3.13. The van der Waals surface area contributed by atoms with E-state index in [0.29, 0.717) is 16.6 Å². The van der Waals surface area contributed by atoms with E-state index in [1.807, 2.05) is 0 Å². The van der Waals surface area contributed by atoms with E-state index in [0.717, 1.165) is 0 Å². The number of anilines is 1. The van der Waals surface area contributed by atoms with Crippen LogP contribution in [0, 0.1) is 5.92 Å². The van der Waals surface area contributed by atoms with Gasteiger partial charge in [0.2, 0.25) is 5.91 Å². The molecule has 1 aliphatic heterocycles. The molecule has 2 rings (SSSR count). The zero-order valence-corrected chi connectivity index (χ0v) is 12.7. The third-order valence-electron chi connectivity index (χ3n) is 3.07. The number of carbonyl (C=O) groups excluding carboxylic acids is 1. The van der Waals surface area contributed by atoms with Gasteiger partial charge >= 0.3 is 5.97 Å². The highest BCUT2D eigenvalue weighted by Gasteiger charge is 2.33. The molecule has 1 unspecified atom stereocenters. The number of carboxylic acids is 1. The molecule has 1 heterocycles. The Morgan fingerprint density at radius 2 is 2.05 bits per heavy atom. The standard InChI is InChI=1S/C12H12BrNO5S/c13-9-2-1-7(12(16)17)5-10(9)14-11(15)8-3-4-20(18,19)6-8/h1-2,5,8H,3-4,6H2,(H,14,15)(H,16,17). The topological polar surface area (TPSA) is 101 Å². The van der Waals surface area contributed by atoms with Crippen LogP contribution in [-0.2, 0) is 14.6 Å². The first-order chi connectivity index (χ1) is 9.28. The van der Waals surface area contributed by atoms with Crippen LogP contribution in [0.1, 0.15) is 16.8 Å². The Kier molecular flexibility index (Phi) is 4.14. The molecule has 1 aliphatic rings. The van der Waals surface area contributed by atoms with E-state index in [-0.39, 0.29) is 17.1 Å². The summed E-state index contributed by atoms with van der Waals surface area (Å²) in [7, 11) is -3.13. The number of halogens is 1. The Hall–Kier alpha value is -1.41. The quantitative estimate of drug-likeness (QED) is 0.849. The summed E-state index contributed by atoms with van der Waals surface area (Å²) in [5.41, 5.74) is 0.363. The van der Waals surface area contributed by atoms with Crippen LogP contribution in [0.25, 0.3) is 0 Å². The van der Waals surface area contributed by atoms with Gasteiger partial charge in [-0.25, -0.2) is 13.2 Å².